The smallest absolute Gasteiger partial charge is 0.337 e. The number of carbonyl (C=O) groups is 1. The van der Waals surface area contributed by atoms with Gasteiger partial charge in [-0.25, -0.2) is 4.79 Å². The number of amides is 2. The Morgan fingerprint density at radius 2 is 1.68 bits per heavy atom. The molecule has 0 aliphatic heterocycles. The zero-order chi connectivity index (χ0) is 17.7. The molecule has 3 nitrogen and oxygen atoms in total. The molecule has 0 radical (unpaired) electrons. The van der Waals surface area contributed by atoms with Crippen LogP contribution in [-0.2, 0) is 6.18 Å². The predicted molar refractivity (Wildman–Crippen MR) is 89.1 cm³/mol. The minimum atomic E-state index is -4.41. The third-order valence-electron chi connectivity index (χ3n) is 6.24. The topological polar surface area (TPSA) is 41.1 Å². The van der Waals surface area contributed by atoms with Crippen molar-refractivity contribution in [1.82, 2.24) is 5.32 Å². The summed E-state index contributed by atoms with van der Waals surface area (Å²) in [4.78, 5) is 12.2. The number of alkyl halides is 3. The normalized spacial score (nSPS) is 33.3. The number of benzene rings is 1. The van der Waals surface area contributed by atoms with E-state index >= 15 is 0 Å². The van der Waals surface area contributed by atoms with Gasteiger partial charge in [0.25, 0.3) is 0 Å². The molecule has 4 bridgehead atoms. The number of anilines is 1. The number of hydrogen-bond acceptors (Lipinski definition) is 1. The molecule has 25 heavy (non-hydrogen) atoms. The first-order valence-corrected chi connectivity index (χ1v) is 9.03. The van der Waals surface area contributed by atoms with E-state index in [1.807, 2.05) is 0 Å². The van der Waals surface area contributed by atoms with Gasteiger partial charge in [0.1, 0.15) is 0 Å². The third-order valence-corrected chi connectivity index (χ3v) is 6.24. The van der Waals surface area contributed by atoms with Crippen LogP contribution in [0.3, 0.4) is 0 Å². The number of nitrogens with one attached hydrogen (secondary N) is 2. The third kappa shape index (κ3) is 3.48. The molecule has 0 heterocycles. The van der Waals surface area contributed by atoms with Gasteiger partial charge in [-0.15, -0.1) is 0 Å². The van der Waals surface area contributed by atoms with Crippen LogP contribution in [0, 0.1) is 23.2 Å². The van der Waals surface area contributed by atoms with Crippen LogP contribution in [0.1, 0.15) is 44.1 Å². The van der Waals surface area contributed by atoms with Gasteiger partial charge >= 0.3 is 12.2 Å². The van der Waals surface area contributed by atoms with Gasteiger partial charge in [0.05, 0.1) is 5.56 Å². The monoisotopic (exact) mass is 352 g/mol. The van der Waals surface area contributed by atoms with Gasteiger partial charge in [-0.05, 0) is 79.9 Å². The average molecular weight is 352 g/mol. The van der Waals surface area contributed by atoms with E-state index in [0.717, 1.165) is 29.9 Å². The van der Waals surface area contributed by atoms with Gasteiger partial charge in [0, 0.05) is 12.2 Å². The molecule has 4 saturated carbocycles. The van der Waals surface area contributed by atoms with Crippen molar-refractivity contribution in [3.8, 4) is 0 Å². The number of urea groups is 1. The van der Waals surface area contributed by atoms with Crippen LogP contribution >= 0.6 is 0 Å². The molecular weight excluding hydrogens is 329 g/mol. The largest absolute Gasteiger partial charge is 0.416 e. The minimum absolute atomic E-state index is 0.165. The summed E-state index contributed by atoms with van der Waals surface area (Å²) in [5, 5.41) is 5.45. The second-order valence-corrected chi connectivity index (χ2v) is 8.30. The highest BCUT2D eigenvalue weighted by molar-refractivity contribution is 5.89. The zero-order valence-electron chi connectivity index (χ0n) is 14.0. The van der Waals surface area contributed by atoms with Crippen molar-refractivity contribution in [1.29, 1.82) is 0 Å². The van der Waals surface area contributed by atoms with E-state index in [0.29, 0.717) is 6.54 Å². The van der Waals surface area contributed by atoms with Crippen LogP contribution in [0.25, 0.3) is 0 Å². The fourth-order valence-corrected chi connectivity index (χ4v) is 5.72. The maximum atomic E-state index is 12.7. The number of halogens is 3. The van der Waals surface area contributed by atoms with E-state index in [4.69, 9.17) is 0 Å². The molecule has 2 amide bonds. The van der Waals surface area contributed by atoms with Crippen LogP contribution in [0.15, 0.2) is 24.3 Å². The Hall–Kier alpha value is -1.72. The van der Waals surface area contributed by atoms with Crippen LogP contribution in [0.5, 0.6) is 0 Å². The summed E-state index contributed by atoms with van der Waals surface area (Å²) in [6, 6.07) is 4.31. The fraction of sp³-hybridized carbons (Fsp3) is 0.632. The van der Waals surface area contributed by atoms with Crippen molar-refractivity contribution in [3.63, 3.8) is 0 Å². The molecule has 136 valence electrons. The second kappa shape index (κ2) is 5.92. The summed E-state index contributed by atoms with van der Waals surface area (Å²) in [6.07, 6.45) is 3.17. The summed E-state index contributed by atoms with van der Waals surface area (Å²) < 4.78 is 38.2. The Balaban J connectivity index is 1.36. The van der Waals surface area contributed by atoms with Gasteiger partial charge in [0.2, 0.25) is 0 Å². The summed E-state index contributed by atoms with van der Waals surface area (Å²) in [5.74, 6) is 2.42. The first-order valence-electron chi connectivity index (χ1n) is 9.03. The van der Waals surface area contributed by atoms with E-state index < -0.39 is 17.8 Å². The maximum absolute atomic E-state index is 12.7. The summed E-state index contributed by atoms with van der Waals surface area (Å²) in [7, 11) is 0. The molecule has 0 atom stereocenters. The van der Waals surface area contributed by atoms with Crippen LogP contribution in [0.4, 0.5) is 23.7 Å². The lowest BCUT2D eigenvalue weighted by molar-refractivity contribution is -0.137. The standard InChI is InChI=1S/C19H23F3N2O/c20-19(21,22)15-2-1-3-16(7-15)24-17(25)23-11-18-8-12-4-13(9-18)6-14(5-12)10-18/h1-3,7,12-14H,4-6,8-11H2,(H2,23,24,25). The number of carbonyl (C=O) groups excluding carboxylic acids is 1. The minimum Gasteiger partial charge on any atom is -0.337 e. The quantitative estimate of drug-likeness (QED) is 0.786. The Kier molecular flexibility index (Phi) is 3.96. The molecule has 0 saturated heterocycles. The first kappa shape index (κ1) is 16.7. The molecule has 0 unspecified atom stereocenters. The van der Waals surface area contributed by atoms with E-state index in [2.05, 4.69) is 10.6 Å². The SMILES string of the molecule is O=C(NCC12CC3CC(CC(C3)C1)C2)Nc1cccc(C(F)(F)F)c1. The molecule has 1 aromatic rings. The number of hydrogen-bond donors (Lipinski definition) is 2. The second-order valence-electron chi connectivity index (χ2n) is 8.30. The molecule has 1 aromatic carbocycles. The fourth-order valence-electron chi connectivity index (χ4n) is 5.72. The van der Waals surface area contributed by atoms with Crippen LogP contribution in [0.2, 0.25) is 0 Å². The van der Waals surface area contributed by atoms with Crippen molar-refractivity contribution in [3.05, 3.63) is 29.8 Å². The molecule has 5 rings (SSSR count). The highest BCUT2D eigenvalue weighted by Crippen LogP contribution is 2.59. The Morgan fingerprint density at radius 1 is 1.08 bits per heavy atom. The Morgan fingerprint density at radius 3 is 2.24 bits per heavy atom. The molecule has 0 spiro atoms. The van der Waals surface area contributed by atoms with Gasteiger partial charge in [-0.2, -0.15) is 13.2 Å². The Labute approximate surface area is 145 Å². The van der Waals surface area contributed by atoms with Gasteiger partial charge in [-0.1, -0.05) is 6.07 Å². The highest BCUT2D eigenvalue weighted by atomic mass is 19.4. The highest BCUT2D eigenvalue weighted by Gasteiger charge is 2.50. The molecule has 4 aliphatic rings. The van der Waals surface area contributed by atoms with Crippen molar-refractivity contribution in [2.45, 2.75) is 44.7 Å². The maximum Gasteiger partial charge on any atom is 0.416 e. The lowest BCUT2D eigenvalue weighted by atomic mass is 9.49. The molecule has 6 heteroatoms. The summed E-state index contributed by atoms with van der Waals surface area (Å²) in [5.41, 5.74) is -0.385. The van der Waals surface area contributed by atoms with E-state index in [1.54, 1.807) is 0 Å². The molecule has 0 aromatic heterocycles. The van der Waals surface area contributed by atoms with Crippen molar-refractivity contribution in [2.75, 3.05) is 11.9 Å². The van der Waals surface area contributed by atoms with Gasteiger partial charge in [-0.3, -0.25) is 0 Å². The molecule has 4 aliphatic carbocycles. The molecular formula is C19H23F3N2O. The Bertz CT molecular complexity index is 636. The predicted octanol–water partition coefficient (Wildman–Crippen LogP) is 5.04. The zero-order valence-corrected chi connectivity index (χ0v) is 14.0. The van der Waals surface area contributed by atoms with E-state index in [-0.39, 0.29) is 11.1 Å². The lowest BCUT2D eigenvalue weighted by Gasteiger charge is -2.56. The van der Waals surface area contributed by atoms with Crippen molar-refractivity contribution < 1.29 is 18.0 Å². The molecule has 2 N–H and O–H groups in total. The van der Waals surface area contributed by atoms with Gasteiger partial charge < -0.3 is 10.6 Å². The first-order chi connectivity index (χ1) is 11.8. The van der Waals surface area contributed by atoms with E-state index in [1.165, 1.54) is 50.7 Å². The average Bonchev–Trinajstić information content (AvgIpc) is 2.51. The van der Waals surface area contributed by atoms with Gasteiger partial charge in [0.15, 0.2) is 0 Å². The van der Waals surface area contributed by atoms with Crippen LogP contribution < -0.4 is 10.6 Å². The van der Waals surface area contributed by atoms with Crippen LogP contribution in [-0.4, -0.2) is 12.6 Å². The summed E-state index contributed by atoms with van der Waals surface area (Å²) >= 11 is 0. The number of rotatable bonds is 3. The van der Waals surface area contributed by atoms with E-state index in [9.17, 15) is 18.0 Å². The lowest BCUT2D eigenvalue weighted by Crippen LogP contribution is -2.51. The molecule has 4 fully saturated rings. The van der Waals surface area contributed by atoms with Crippen molar-refractivity contribution in [2.24, 2.45) is 23.2 Å². The summed E-state index contributed by atoms with van der Waals surface area (Å²) in [6.45, 7) is 0.626. The van der Waals surface area contributed by atoms with Crippen molar-refractivity contribution >= 4 is 11.7 Å².